The Morgan fingerprint density at radius 3 is 1.94 bits per heavy atom. The maximum absolute atomic E-state index is 11.0. The third-order valence-electron chi connectivity index (χ3n) is 2.13. The predicted molar refractivity (Wildman–Crippen MR) is 55.2 cm³/mol. The number of benzene rings is 1. The molecule has 0 aliphatic carbocycles. The van der Waals surface area contributed by atoms with Crippen LogP contribution in [0.15, 0.2) is 21.9 Å². The summed E-state index contributed by atoms with van der Waals surface area (Å²) in [5.74, 6) is 0. The first-order valence-electron chi connectivity index (χ1n) is 4.24. The molecule has 0 spiro atoms. The van der Waals surface area contributed by atoms with Crippen molar-refractivity contribution < 1.29 is 31.0 Å². The first-order chi connectivity index (χ1) is 7.57. The fourth-order valence-corrected chi connectivity index (χ4v) is 2.79. The Bertz CT molecular complexity index is 643. The zero-order valence-corrected chi connectivity index (χ0v) is 10.2. The average Bonchev–Trinajstić information content (AvgIpc) is 2.13. The fraction of sp³-hybridized carbons (Fsp3) is 0.250. The lowest BCUT2D eigenvalue weighted by Crippen LogP contribution is -2.08. The van der Waals surface area contributed by atoms with Crippen LogP contribution >= 0.6 is 0 Å². The van der Waals surface area contributed by atoms with Gasteiger partial charge in [-0.1, -0.05) is 0 Å². The summed E-state index contributed by atoms with van der Waals surface area (Å²) in [6.45, 7) is 0.364. The molecule has 0 amide bonds. The Hall–Kier alpha value is -1.00. The summed E-state index contributed by atoms with van der Waals surface area (Å²) in [6, 6.07) is 1.50. The largest absolute Gasteiger partial charge is 0.294 e. The van der Waals surface area contributed by atoms with Crippen molar-refractivity contribution in [1.82, 2.24) is 0 Å². The minimum Gasteiger partial charge on any atom is -0.282 e. The van der Waals surface area contributed by atoms with E-state index in [2.05, 4.69) is 0 Å². The molecule has 7 nitrogen and oxygen atoms in total. The quantitative estimate of drug-likeness (QED) is 0.772. The van der Waals surface area contributed by atoms with E-state index in [0.29, 0.717) is 6.07 Å². The van der Waals surface area contributed by atoms with Crippen LogP contribution in [0.25, 0.3) is 0 Å². The molecule has 1 aromatic carbocycles. The monoisotopic (exact) mass is 281 g/mol. The molecule has 0 aliphatic heterocycles. The van der Waals surface area contributed by atoms with Gasteiger partial charge in [0.15, 0.2) is 0 Å². The molecule has 1 radical (unpaired) electrons. The maximum Gasteiger partial charge on any atom is 0.294 e. The number of hydrogen-bond donors (Lipinski definition) is 2. The summed E-state index contributed by atoms with van der Waals surface area (Å²) in [5.41, 5.74) is -0.178. The lowest BCUT2D eigenvalue weighted by molar-refractivity contribution is 0.174. The summed E-state index contributed by atoms with van der Waals surface area (Å²) >= 11 is 0. The van der Waals surface area contributed by atoms with Gasteiger partial charge in [-0.05, 0) is 24.6 Å². The highest BCUT2D eigenvalue weighted by atomic mass is 32.2. The zero-order chi connectivity index (χ0) is 13.4. The number of rotatable bonds is 3. The molecule has 0 fully saturated rings. The van der Waals surface area contributed by atoms with Gasteiger partial charge in [-0.3, -0.25) is 9.11 Å². The molecule has 17 heavy (non-hydrogen) atoms. The molecule has 0 unspecified atom stereocenters. The van der Waals surface area contributed by atoms with Gasteiger partial charge in [0.1, 0.15) is 11.5 Å². The molecule has 0 heterocycles. The normalized spacial score (nSPS) is 12.7. The maximum atomic E-state index is 11.0. The highest BCUT2D eigenvalue weighted by Gasteiger charge is 2.22. The van der Waals surface area contributed by atoms with Gasteiger partial charge >= 0.3 is 0 Å². The van der Waals surface area contributed by atoms with E-state index in [0.717, 1.165) is 6.07 Å². The van der Waals surface area contributed by atoms with E-state index in [1.165, 1.54) is 6.92 Å². The zero-order valence-electron chi connectivity index (χ0n) is 8.61. The molecule has 2 N–H and O–H groups in total. The molecular weight excluding hydrogens is 272 g/mol. The Kier molecular flexibility index (Phi) is 3.60. The van der Waals surface area contributed by atoms with E-state index in [1.807, 2.05) is 0 Å². The van der Waals surface area contributed by atoms with Gasteiger partial charge < -0.3 is 0 Å². The Morgan fingerprint density at radius 1 is 1.06 bits per heavy atom. The summed E-state index contributed by atoms with van der Waals surface area (Å²) in [6.07, 6.45) is 0. The fourth-order valence-electron chi connectivity index (χ4n) is 1.32. The lowest BCUT2D eigenvalue weighted by Gasteiger charge is -2.09. The smallest absolute Gasteiger partial charge is 0.282 e. The van der Waals surface area contributed by atoms with Crippen LogP contribution in [-0.2, 0) is 31.9 Å². The number of hydrogen-bond acceptors (Lipinski definition) is 4. The molecule has 0 atom stereocenters. The van der Waals surface area contributed by atoms with Gasteiger partial charge in [-0.25, -0.2) is 5.11 Å². The predicted octanol–water partition coefficient (Wildman–Crippen LogP) is 0.419. The van der Waals surface area contributed by atoms with Crippen molar-refractivity contribution in [1.29, 1.82) is 0 Å². The third kappa shape index (κ3) is 3.01. The van der Waals surface area contributed by atoms with Crippen molar-refractivity contribution in [2.75, 3.05) is 0 Å². The van der Waals surface area contributed by atoms with Crippen molar-refractivity contribution in [2.45, 2.75) is 23.3 Å². The van der Waals surface area contributed by atoms with Crippen LogP contribution < -0.4 is 0 Å². The first-order valence-corrected chi connectivity index (χ1v) is 7.12. The minimum absolute atomic E-state index is 0.0581. The second-order valence-electron chi connectivity index (χ2n) is 3.31. The van der Waals surface area contributed by atoms with Crippen LogP contribution in [-0.4, -0.2) is 25.9 Å². The third-order valence-corrected chi connectivity index (χ3v) is 3.88. The highest BCUT2D eigenvalue weighted by molar-refractivity contribution is 7.86. The summed E-state index contributed by atoms with van der Waals surface area (Å²) in [7, 11) is -9.34. The molecule has 1 rings (SSSR count). The molecular formula is C8H9O7S2. The summed E-state index contributed by atoms with van der Waals surface area (Å²) < 4.78 is 61.4. The molecule has 0 aliphatic rings. The molecule has 0 saturated heterocycles. The second kappa shape index (κ2) is 4.35. The van der Waals surface area contributed by atoms with E-state index in [9.17, 15) is 21.9 Å². The highest BCUT2D eigenvalue weighted by Crippen LogP contribution is 2.24. The second-order valence-corrected chi connectivity index (χ2v) is 6.12. The van der Waals surface area contributed by atoms with E-state index >= 15 is 0 Å². The van der Waals surface area contributed by atoms with Crippen molar-refractivity contribution >= 4 is 20.2 Å². The van der Waals surface area contributed by atoms with Crippen LogP contribution in [0, 0.1) is 6.92 Å². The van der Waals surface area contributed by atoms with Crippen LogP contribution in [0.3, 0.4) is 0 Å². The van der Waals surface area contributed by atoms with Crippen LogP contribution in [0.5, 0.6) is 0 Å². The minimum atomic E-state index is -4.73. The Morgan fingerprint density at radius 2 is 1.59 bits per heavy atom. The average molecular weight is 281 g/mol. The topological polar surface area (TPSA) is 129 Å². The molecule has 0 bridgehead atoms. The molecule has 0 aromatic heterocycles. The van der Waals surface area contributed by atoms with Crippen molar-refractivity contribution in [3.05, 3.63) is 23.3 Å². The van der Waals surface area contributed by atoms with Crippen LogP contribution in [0.2, 0.25) is 0 Å². The van der Waals surface area contributed by atoms with Gasteiger partial charge in [-0.2, -0.15) is 16.8 Å². The van der Waals surface area contributed by atoms with Gasteiger partial charge in [0.2, 0.25) is 0 Å². The van der Waals surface area contributed by atoms with Gasteiger partial charge in [0.05, 0.1) is 4.90 Å². The van der Waals surface area contributed by atoms with E-state index in [4.69, 9.17) is 9.11 Å². The molecule has 0 saturated carbocycles. The first kappa shape index (κ1) is 14.1. The van der Waals surface area contributed by atoms with Gasteiger partial charge in [0, 0.05) is 5.56 Å². The van der Waals surface area contributed by atoms with Crippen LogP contribution in [0.4, 0.5) is 0 Å². The van der Waals surface area contributed by atoms with E-state index in [1.54, 1.807) is 0 Å². The Balaban J connectivity index is 3.75. The summed E-state index contributed by atoms with van der Waals surface area (Å²) in [4.78, 5) is -1.50. The van der Waals surface area contributed by atoms with Crippen molar-refractivity contribution in [2.24, 2.45) is 0 Å². The molecule has 9 heteroatoms. The van der Waals surface area contributed by atoms with Gasteiger partial charge in [-0.15, -0.1) is 0 Å². The lowest BCUT2D eigenvalue weighted by atomic mass is 10.1. The molecule has 95 valence electrons. The Labute approximate surface area is 98.2 Å². The van der Waals surface area contributed by atoms with Crippen molar-refractivity contribution in [3.63, 3.8) is 0 Å². The SMILES string of the molecule is Cc1cc(S(=O)(=O)O)cc(S(=O)(=O)O)c1C[O]. The summed E-state index contributed by atoms with van der Waals surface area (Å²) in [5, 5.41) is 10.8. The standard InChI is InChI=1S/C8H9O7S2/c1-5-2-6(16(10,11)12)3-8(7(5)4-9)17(13,14)15/h2-3H,4H2,1H3,(H,10,11,12)(H,13,14,15). The van der Waals surface area contributed by atoms with E-state index in [-0.39, 0.29) is 11.1 Å². The molecule has 1 aromatic rings. The van der Waals surface area contributed by atoms with E-state index < -0.39 is 36.6 Å². The number of aryl methyl sites for hydroxylation is 1. The van der Waals surface area contributed by atoms with Crippen molar-refractivity contribution in [3.8, 4) is 0 Å². The van der Waals surface area contributed by atoms with Crippen LogP contribution in [0.1, 0.15) is 11.1 Å². The van der Waals surface area contributed by atoms with Gasteiger partial charge in [0.25, 0.3) is 20.2 Å².